The van der Waals surface area contributed by atoms with Crippen LogP contribution in [0.2, 0.25) is 0 Å². The first-order valence-electron chi connectivity index (χ1n) is 7.32. The van der Waals surface area contributed by atoms with Crippen molar-refractivity contribution in [1.82, 2.24) is 9.80 Å². The van der Waals surface area contributed by atoms with Crippen LogP contribution >= 0.6 is 0 Å². The molecule has 0 spiro atoms. The van der Waals surface area contributed by atoms with Gasteiger partial charge in [-0.25, -0.2) is 0 Å². The maximum atomic E-state index is 12.4. The second-order valence-corrected chi connectivity index (χ2v) is 5.45. The summed E-state index contributed by atoms with van der Waals surface area (Å²) >= 11 is 0. The van der Waals surface area contributed by atoms with Gasteiger partial charge in [-0.05, 0) is 19.2 Å². The van der Waals surface area contributed by atoms with Gasteiger partial charge in [0, 0.05) is 31.7 Å². The SMILES string of the molecule is CN1CCN(C(=O)c2ccc(C(=O)c3ccccc3)o2)CC1. The van der Waals surface area contributed by atoms with E-state index in [1.807, 2.05) is 13.1 Å². The maximum absolute atomic E-state index is 12.4. The summed E-state index contributed by atoms with van der Waals surface area (Å²) in [5.74, 6) is 0.0609. The molecule has 1 saturated heterocycles. The van der Waals surface area contributed by atoms with Crippen LogP contribution in [0.1, 0.15) is 26.7 Å². The quantitative estimate of drug-likeness (QED) is 0.812. The van der Waals surface area contributed by atoms with Crippen LogP contribution in [0.15, 0.2) is 46.9 Å². The Morgan fingerprint density at radius 1 is 0.909 bits per heavy atom. The lowest BCUT2D eigenvalue weighted by atomic mass is 10.1. The Hall–Kier alpha value is -2.40. The molecule has 1 amide bonds. The first-order chi connectivity index (χ1) is 10.6. The van der Waals surface area contributed by atoms with Gasteiger partial charge in [0.25, 0.3) is 5.91 Å². The topological polar surface area (TPSA) is 53.8 Å². The lowest BCUT2D eigenvalue weighted by Gasteiger charge is -2.31. The molecule has 5 heteroatoms. The molecule has 0 radical (unpaired) electrons. The van der Waals surface area contributed by atoms with E-state index in [1.165, 1.54) is 0 Å². The van der Waals surface area contributed by atoms with E-state index in [0.29, 0.717) is 18.7 Å². The minimum absolute atomic E-state index is 0.153. The normalized spacial score (nSPS) is 15.8. The Morgan fingerprint density at radius 2 is 1.55 bits per heavy atom. The number of nitrogens with zero attached hydrogens (tertiary/aromatic N) is 2. The molecule has 0 N–H and O–H groups in total. The summed E-state index contributed by atoms with van der Waals surface area (Å²) < 4.78 is 5.49. The zero-order valence-electron chi connectivity index (χ0n) is 12.5. The Morgan fingerprint density at radius 3 is 2.23 bits per heavy atom. The second-order valence-electron chi connectivity index (χ2n) is 5.45. The number of furan rings is 1. The molecule has 1 aromatic heterocycles. The molecule has 22 heavy (non-hydrogen) atoms. The van der Waals surface area contributed by atoms with E-state index in [-0.39, 0.29) is 23.2 Å². The molecule has 0 unspecified atom stereocenters. The molecule has 3 rings (SSSR count). The highest BCUT2D eigenvalue weighted by molar-refractivity contribution is 6.07. The third-order valence-corrected chi connectivity index (χ3v) is 3.87. The van der Waals surface area contributed by atoms with Crippen LogP contribution in [0.4, 0.5) is 0 Å². The molecule has 114 valence electrons. The first-order valence-corrected chi connectivity index (χ1v) is 7.32. The number of likely N-dealkylation sites (N-methyl/N-ethyl adjacent to an activating group) is 1. The fourth-order valence-corrected chi connectivity index (χ4v) is 2.47. The molecule has 1 fully saturated rings. The van der Waals surface area contributed by atoms with Gasteiger partial charge >= 0.3 is 0 Å². The number of hydrogen-bond acceptors (Lipinski definition) is 4. The number of carbonyl (C=O) groups is 2. The van der Waals surface area contributed by atoms with Gasteiger partial charge in [0.1, 0.15) is 0 Å². The standard InChI is InChI=1S/C17H18N2O3/c1-18-9-11-19(12-10-18)17(21)15-8-7-14(22-15)16(20)13-5-3-2-4-6-13/h2-8H,9-12H2,1H3. The predicted molar refractivity (Wildman–Crippen MR) is 82.0 cm³/mol. The van der Waals surface area contributed by atoms with Gasteiger partial charge in [-0.2, -0.15) is 0 Å². The number of benzene rings is 1. The minimum atomic E-state index is -0.210. The number of piperazine rings is 1. The van der Waals surface area contributed by atoms with Crippen molar-refractivity contribution in [3.05, 3.63) is 59.5 Å². The fraction of sp³-hybridized carbons (Fsp3) is 0.294. The zero-order valence-corrected chi connectivity index (χ0v) is 12.5. The average Bonchev–Trinajstić information content (AvgIpc) is 3.05. The highest BCUT2D eigenvalue weighted by Crippen LogP contribution is 2.16. The molecule has 0 aliphatic carbocycles. The summed E-state index contributed by atoms with van der Waals surface area (Å²) in [5.41, 5.74) is 0.551. The van der Waals surface area contributed by atoms with Crippen molar-refractivity contribution in [2.45, 2.75) is 0 Å². The Balaban J connectivity index is 1.73. The molecule has 5 nitrogen and oxygen atoms in total. The molecule has 1 aliphatic heterocycles. The molecule has 0 bridgehead atoms. The van der Waals surface area contributed by atoms with Crippen molar-refractivity contribution < 1.29 is 14.0 Å². The summed E-state index contributed by atoms with van der Waals surface area (Å²) in [6, 6.07) is 12.1. The lowest BCUT2D eigenvalue weighted by molar-refractivity contribution is 0.0630. The second kappa shape index (κ2) is 6.15. The van der Waals surface area contributed by atoms with Crippen LogP contribution in [0.5, 0.6) is 0 Å². The number of hydrogen-bond donors (Lipinski definition) is 0. The zero-order chi connectivity index (χ0) is 15.5. The molecule has 0 atom stereocenters. The van der Waals surface area contributed by atoms with Gasteiger partial charge in [-0.3, -0.25) is 9.59 Å². The van der Waals surface area contributed by atoms with E-state index in [4.69, 9.17) is 4.42 Å². The smallest absolute Gasteiger partial charge is 0.289 e. The van der Waals surface area contributed by atoms with Gasteiger partial charge in [0.15, 0.2) is 11.5 Å². The molecule has 0 saturated carbocycles. The molecular weight excluding hydrogens is 280 g/mol. The van der Waals surface area contributed by atoms with Crippen LogP contribution in [0.3, 0.4) is 0 Å². The lowest BCUT2D eigenvalue weighted by Crippen LogP contribution is -2.47. The van der Waals surface area contributed by atoms with Crippen LogP contribution < -0.4 is 0 Å². The van der Waals surface area contributed by atoms with Gasteiger partial charge < -0.3 is 14.2 Å². The van der Waals surface area contributed by atoms with Crippen molar-refractivity contribution >= 4 is 11.7 Å². The van der Waals surface area contributed by atoms with Gasteiger partial charge in [-0.1, -0.05) is 30.3 Å². The third-order valence-electron chi connectivity index (χ3n) is 3.87. The highest BCUT2D eigenvalue weighted by atomic mass is 16.4. The van der Waals surface area contributed by atoms with Gasteiger partial charge in [-0.15, -0.1) is 0 Å². The van der Waals surface area contributed by atoms with Crippen molar-refractivity contribution in [3.63, 3.8) is 0 Å². The van der Waals surface area contributed by atoms with E-state index in [2.05, 4.69) is 4.90 Å². The number of ketones is 1. The Labute approximate surface area is 129 Å². The Bertz CT molecular complexity index is 670. The number of amides is 1. The maximum Gasteiger partial charge on any atom is 0.289 e. The van der Waals surface area contributed by atoms with E-state index >= 15 is 0 Å². The van der Waals surface area contributed by atoms with Crippen molar-refractivity contribution in [2.75, 3.05) is 33.2 Å². The van der Waals surface area contributed by atoms with Crippen molar-refractivity contribution in [1.29, 1.82) is 0 Å². The summed E-state index contributed by atoms with van der Waals surface area (Å²) in [6.45, 7) is 3.06. The summed E-state index contributed by atoms with van der Waals surface area (Å²) in [7, 11) is 2.03. The van der Waals surface area contributed by atoms with E-state index < -0.39 is 0 Å². The van der Waals surface area contributed by atoms with E-state index in [9.17, 15) is 9.59 Å². The summed E-state index contributed by atoms with van der Waals surface area (Å²) in [6.07, 6.45) is 0. The predicted octanol–water partition coefficient (Wildman–Crippen LogP) is 1.90. The minimum Gasteiger partial charge on any atom is -0.447 e. The first kappa shape index (κ1) is 14.5. The summed E-state index contributed by atoms with van der Waals surface area (Å²) in [4.78, 5) is 28.6. The number of rotatable bonds is 3. The van der Waals surface area contributed by atoms with Gasteiger partial charge in [0.2, 0.25) is 5.78 Å². The van der Waals surface area contributed by atoms with Crippen LogP contribution in [-0.2, 0) is 0 Å². The molecule has 1 aromatic carbocycles. The highest BCUT2D eigenvalue weighted by Gasteiger charge is 2.24. The largest absolute Gasteiger partial charge is 0.447 e. The third kappa shape index (κ3) is 2.94. The van der Waals surface area contributed by atoms with E-state index in [0.717, 1.165) is 13.1 Å². The van der Waals surface area contributed by atoms with Gasteiger partial charge in [0.05, 0.1) is 0 Å². The van der Waals surface area contributed by atoms with Crippen molar-refractivity contribution in [3.8, 4) is 0 Å². The molecular formula is C17H18N2O3. The molecule has 2 heterocycles. The van der Waals surface area contributed by atoms with Crippen LogP contribution in [0.25, 0.3) is 0 Å². The van der Waals surface area contributed by atoms with Crippen LogP contribution in [-0.4, -0.2) is 54.7 Å². The molecule has 2 aromatic rings. The average molecular weight is 298 g/mol. The van der Waals surface area contributed by atoms with Crippen LogP contribution in [0, 0.1) is 0 Å². The summed E-state index contributed by atoms with van der Waals surface area (Å²) in [5, 5.41) is 0. The van der Waals surface area contributed by atoms with E-state index in [1.54, 1.807) is 41.3 Å². The fourth-order valence-electron chi connectivity index (χ4n) is 2.47. The number of carbonyl (C=O) groups excluding carboxylic acids is 2. The van der Waals surface area contributed by atoms with Crippen molar-refractivity contribution in [2.24, 2.45) is 0 Å². The Kier molecular flexibility index (Phi) is 4.06. The molecule has 1 aliphatic rings. The monoisotopic (exact) mass is 298 g/mol.